The molecule has 0 saturated heterocycles. The Balaban J connectivity index is 1.97. The molecule has 2 rings (SSSR count). The zero-order chi connectivity index (χ0) is 15.4. The molecule has 0 aliphatic carbocycles. The van der Waals surface area contributed by atoms with Gasteiger partial charge < -0.3 is 15.2 Å². The minimum absolute atomic E-state index is 0.0633. The summed E-state index contributed by atoms with van der Waals surface area (Å²) in [5.74, 6) is -0.954. The Labute approximate surface area is 130 Å². The van der Waals surface area contributed by atoms with Crippen LogP contribution in [0.25, 0.3) is 0 Å². The van der Waals surface area contributed by atoms with E-state index in [9.17, 15) is 14.3 Å². The van der Waals surface area contributed by atoms with Gasteiger partial charge in [-0.3, -0.25) is 4.79 Å². The van der Waals surface area contributed by atoms with Crippen molar-refractivity contribution in [2.45, 2.75) is 0 Å². The van der Waals surface area contributed by atoms with Gasteiger partial charge in [-0.25, -0.2) is 4.39 Å². The summed E-state index contributed by atoms with van der Waals surface area (Å²) in [5, 5.41) is 12.4. The molecule has 0 spiro atoms. The van der Waals surface area contributed by atoms with Crippen LogP contribution in [-0.4, -0.2) is 17.6 Å². The first-order chi connectivity index (χ1) is 9.95. The van der Waals surface area contributed by atoms with Crippen molar-refractivity contribution in [2.75, 3.05) is 11.9 Å². The van der Waals surface area contributed by atoms with Crippen LogP contribution in [0.15, 0.2) is 36.4 Å². The number of rotatable bonds is 4. The maximum Gasteiger partial charge on any atom is 0.262 e. The van der Waals surface area contributed by atoms with Crippen LogP contribution in [0.5, 0.6) is 11.5 Å². The van der Waals surface area contributed by atoms with E-state index in [1.807, 2.05) is 0 Å². The second-order valence-corrected chi connectivity index (χ2v) is 4.92. The lowest BCUT2D eigenvalue weighted by atomic mass is 10.3. The molecule has 0 aliphatic rings. The van der Waals surface area contributed by atoms with Gasteiger partial charge in [-0.05, 0) is 36.4 Å². The third-order valence-electron chi connectivity index (χ3n) is 2.49. The van der Waals surface area contributed by atoms with E-state index in [4.69, 9.17) is 27.9 Å². The molecule has 2 N–H and O–H groups in total. The Hall–Kier alpha value is -1.98. The lowest BCUT2D eigenvalue weighted by Gasteiger charge is -2.10. The summed E-state index contributed by atoms with van der Waals surface area (Å²) in [4.78, 5) is 11.7. The Morgan fingerprint density at radius 2 is 2.00 bits per heavy atom. The monoisotopic (exact) mass is 329 g/mol. The number of hydrogen-bond acceptors (Lipinski definition) is 3. The highest BCUT2D eigenvalue weighted by atomic mass is 35.5. The molecule has 0 aromatic heterocycles. The Morgan fingerprint density at radius 3 is 2.71 bits per heavy atom. The number of hydrogen-bond donors (Lipinski definition) is 2. The first kappa shape index (κ1) is 15.4. The van der Waals surface area contributed by atoms with Crippen molar-refractivity contribution in [3.63, 3.8) is 0 Å². The van der Waals surface area contributed by atoms with Crippen LogP contribution in [0.3, 0.4) is 0 Å². The summed E-state index contributed by atoms with van der Waals surface area (Å²) in [6.07, 6.45) is 0. The van der Waals surface area contributed by atoms with Crippen LogP contribution < -0.4 is 10.1 Å². The van der Waals surface area contributed by atoms with Crippen molar-refractivity contribution in [3.8, 4) is 11.5 Å². The molecule has 110 valence electrons. The van der Waals surface area contributed by atoms with Gasteiger partial charge in [0.25, 0.3) is 5.91 Å². The van der Waals surface area contributed by atoms with Crippen LogP contribution in [-0.2, 0) is 4.79 Å². The molecule has 0 heterocycles. The summed E-state index contributed by atoms with van der Waals surface area (Å²) in [5.41, 5.74) is 0.168. The fourth-order valence-electron chi connectivity index (χ4n) is 1.53. The molecule has 21 heavy (non-hydrogen) atoms. The van der Waals surface area contributed by atoms with Crippen molar-refractivity contribution in [1.82, 2.24) is 0 Å². The first-order valence-corrected chi connectivity index (χ1v) is 6.57. The molecule has 1 amide bonds. The fraction of sp³-hybridized carbons (Fsp3) is 0.0714. The molecule has 0 bridgehead atoms. The van der Waals surface area contributed by atoms with Crippen molar-refractivity contribution >= 4 is 34.8 Å². The van der Waals surface area contributed by atoms with E-state index in [2.05, 4.69) is 5.32 Å². The molecular formula is C14H10Cl2FNO3. The number of aromatic hydroxyl groups is 1. The first-order valence-electron chi connectivity index (χ1n) is 5.82. The number of anilines is 1. The number of phenolic OH excluding ortho intramolecular Hbond substituents is 1. The molecule has 7 heteroatoms. The quantitative estimate of drug-likeness (QED) is 0.837. The van der Waals surface area contributed by atoms with Crippen LogP contribution >= 0.6 is 23.2 Å². The number of ether oxygens (including phenoxy) is 1. The fourth-order valence-corrected chi connectivity index (χ4v) is 1.92. The highest BCUT2D eigenvalue weighted by Crippen LogP contribution is 2.27. The van der Waals surface area contributed by atoms with Gasteiger partial charge in [0, 0.05) is 5.02 Å². The Bertz CT molecular complexity index is 679. The average molecular weight is 330 g/mol. The molecule has 0 unspecified atom stereocenters. The number of carbonyl (C=O) groups excluding carboxylic acids is 1. The predicted octanol–water partition coefficient (Wildman–Crippen LogP) is 3.86. The maximum absolute atomic E-state index is 12.9. The lowest BCUT2D eigenvalue weighted by Crippen LogP contribution is -2.20. The van der Waals surface area contributed by atoms with E-state index in [0.29, 0.717) is 5.02 Å². The second-order valence-electron chi connectivity index (χ2n) is 4.07. The number of nitrogens with one attached hydrogen (secondary N) is 1. The van der Waals surface area contributed by atoms with Gasteiger partial charge in [0.1, 0.15) is 17.3 Å². The Morgan fingerprint density at radius 1 is 1.24 bits per heavy atom. The smallest absolute Gasteiger partial charge is 0.262 e. The van der Waals surface area contributed by atoms with Crippen molar-refractivity contribution in [2.24, 2.45) is 0 Å². The molecule has 0 radical (unpaired) electrons. The van der Waals surface area contributed by atoms with Crippen LogP contribution in [0.1, 0.15) is 0 Å². The number of halogens is 3. The predicted molar refractivity (Wildman–Crippen MR) is 78.7 cm³/mol. The number of phenols is 1. The van der Waals surface area contributed by atoms with Crippen LogP contribution in [0, 0.1) is 5.82 Å². The van der Waals surface area contributed by atoms with Gasteiger partial charge in [-0.15, -0.1) is 0 Å². The SMILES string of the molecule is O=C(COc1ccc(F)cc1Cl)Nc1cc(Cl)ccc1O. The molecule has 0 atom stereocenters. The maximum atomic E-state index is 12.9. The third kappa shape index (κ3) is 4.24. The lowest BCUT2D eigenvalue weighted by molar-refractivity contribution is -0.118. The average Bonchev–Trinajstić information content (AvgIpc) is 2.42. The molecule has 0 saturated carbocycles. The van der Waals surface area contributed by atoms with E-state index in [1.54, 1.807) is 0 Å². The third-order valence-corrected chi connectivity index (χ3v) is 3.02. The van der Waals surface area contributed by atoms with E-state index >= 15 is 0 Å². The van der Waals surface area contributed by atoms with Crippen LogP contribution in [0.4, 0.5) is 10.1 Å². The topological polar surface area (TPSA) is 58.6 Å². The van der Waals surface area contributed by atoms with Crippen molar-refractivity contribution in [3.05, 3.63) is 52.3 Å². The zero-order valence-corrected chi connectivity index (χ0v) is 12.1. The van der Waals surface area contributed by atoms with Crippen molar-refractivity contribution < 1.29 is 19.0 Å². The number of amides is 1. The van der Waals surface area contributed by atoms with Crippen LogP contribution in [0.2, 0.25) is 10.0 Å². The summed E-state index contributed by atoms with van der Waals surface area (Å²) < 4.78 is 18.0. The molecule has 4 nitrogen and oxygen atoms in total. The second kappa shape index (κ2) is 6.65. The van der Waals surface area contributed by atoms with Gasteiger partial charge in [0.05, 0.1) is 10.7 Å². The minimum Gasteiger partial charge on any atom is -0.506 e. The van der Waals surface area contributed by atoms with Crippen molar-refractivity contribution in [1.29, 1.82) is 0 Å². The minimum atomic E-state index is -0.520. The van der Waals surface area contributed by atoms with E-state index in [0.717, 1.165) is 6.07 Å². The normalized spacial score (nSPS) is 10.2. The molecule has 0 fully saturated rings. The molecule has 2 aromatic carbocycles. The van der Waals surface area contributed by atoms with Gasteiger partial charge >= 0.3 is 0 Å². The van der Waals surface area contributed by atoms with E-state index in [-0.39, 0.29) is 28.8 Å². The van der Waals surface area contributed by atoms with Gasteiger partial charge in [0.2, 0.25) is 0 Å². The van der Waals surface area contributed by atoms with E-state index < -0.39 is 11.7 Å². The summed E-state index contributed by atoms with van der Waals surface area (Å²) >= 11 is 11.5. The molecule has 0 aliphatic heterocycles. The zero-order valence-electron chi connectivity index (χ0n) is 10.6. The Kier molecular flexibility index (Phi) is 4.88. The van der Waals surface area contributed by atoms with Gasteiger partial charge in [-0.1, -0.05) is 23.2 Å². The highest BCUT2D eigenvalue weighted by Gasteiger charge is 2.09. The van der Waals surface area contributed by atoms with Gasteiger partial charge in [0.15, 0.2) is 6.61 Å². The largest absolute Gasteiger partial charge is 0.506 e. The highest BCUT2D eigenvalue weighted by molar-refractivity contribution is 6.32. The standard InChI is InChI=1S/C14H10Cl2FNO3/c15-8-1-3-12(19)11(5-8)18-14(20)7-21-13-4-2-9(17)6-10(13)16/h1-6,19H,7H2,(H,18,20). The van der Waals surface area contributed by atoms with E-state index in [1.165, 1.54) is 30.3 Å². The molecule has 2 aromatic rings. The number of carbonyl (C=O) groups is 1. The summed E-state index contributed by atoms with van der Waals surface area (Å²) in [6.45, 7) is -0.350. The van der Waals surface area contributed by atoms with Gasteiger partial charge in [-0.2, -0.15) is 0 Å². The summed E-state index contributed by atoms with van der Waals surface area (Å²) in [7, 11) is 0. The summed E-state index contributed by atoms with van der Waals surface area (Å²) in [6, 6.07) is 7.82. The molecular weight excluding hydrogens is 320 g/mol. The number of benzene rings is 2.